The van der Waals surface area contributed by atoms with Gasteiger partial charge in [-0.25, -0.2) is 8.42 Å². The second-order valence-corrected chi connectivity index (χ2v) is 4.66. The van der Waals surface area contributed by atoms with E-state index in [9.17, 15) is 8.42 Å². The maximum absolute atomic E-state index is 11.8. The fraction of sp³-hybridized carbons (Fsp3) is 0.571. The molecule has 0 aromatic carbocycles. The third-order valence-electron chi connectivity index (χ3n) is 1.84. The van der Waals surface area contributed by atoms with Crippen molar-refractivity contribution >= 4 is 10.0 Å². The first-order chi connectivity index (χ1) is 6.62. The van der Waals surface area contributed by atoms with Gasteiger partial charge in [0.2, 0.25) is 10.0 Å². The Morgan fingerprint density at radius 1 is 1.64 bits per heavy atom. The molecule has 80 valence electrons. The molecule has 0 saturated heterocycles. The molecule has 0 spiro atoms. The number of likely N-dealkylation sites (N-methyl/N-ethyl adjacent to an activating group) is 1. The second-order valence-electron chi connectivity index (χ2n) is 2.72. The van der Waals surface area contributed by atoms with Gasteiger partial charge in [0.15, 0.2) is 0 Å². The predicted octanol–water partition coefficient (Wildman–Crippen LogP) is -0.621. The van der Waals surface area contributed by atoms with Crippen LogP contribution in [0, 0.1) is 0 Å². The third kappa shape index (κ3) is 2.11. The number of aromatic nitrogens is 2. The Kier molecular flexibility index (Phi) is 3.62. The van der Waals surface area contributed by atoms with Crippen LogP contribution in [-0.2, 0) is 10.0 Å². The molecule has 0 aliphatic rings. The van der Waals surface area contributed by atoms with Crippen LogP contribution < -0.4 is 5.73 Å². The Morgan fingerprint density at radius 3 is 2.79 bits per heavy atom. The monoisotopic (exact) mass is 218 g/mol. The first kappa shape index (κ1) is 11.2. The number of nitrogens with two attached hydrogens (primary N) is 1. The smallest absolute Gasteiger partial charge is 0.246 e. The average Bonchev–Trinajstić information content (AvgIpc) is 2.66. The third-order valence-corrected chi connectivity index (χ3v) is 3.78. The van der Waals surface area contributed by atoms with Crippen LogP contribution in [0.15, 0.2) is 17.3 Å². The van der Waals surface area contributed by atoms with E-state index in [1.165, 1.54) is 16.7 Å². The molecule has 14 heavy (non-hydrogen) atoms. The number of nitrogens with zero attached hydrogens (tertiary/aromatic N) is 2. The Hall–Kier alpha value is -0.920. The van der Waals surface area contributed by atoms with Crippen LogP contribution in [0.2, 0.25) is 0 Å². The molecule has 0 aliphatic carbocycles. The molecule has 3 N–H and O–H groups in total. The zero-order valence-electron chi connectivity index (χ0n) is 7.97. The highest BCUT2D eigenvalue weighted by Gasteiger charge is 2.22. The average molecular weight is 218 g/mol. The lowest BCUT2D eigenvalue weighted by molar-refractivity contribution is 0.435. The van der Waals surface area contributed by atoms with Crippen LogP contribution >= 0.6 is 0 Å². The highest BCUT2D eigenvalue weighted by Crippen LogP contribution is 2.12. The molecule has 0 unspecified atom stereocenters. The number of hydrogen-bond donors (Lipinski definition) is 2. The van der Waals surface area contributed by atoms with Gasteiger partial charge in [0.25, 0.3) is 0 Å². The van der Waals surface area contributed by atoms with Gasteiger partial charge in [-0.05, 0) is 0 Å². The van der Waals surface area contributed by atoms with Gasteiger partial charge < -0.3 is 5.73 Å². The highest BCUT2D eigenvalue weighted by molar-refractivity contribution is 7.89. The first-order valence-electron chi connectivity index (χ1n) is 4.32. The van der Waals surface area contributed by atoms with E-state index in [0.29, 0.717) is 19.6 Å². The normalized spacial score (nSPS) is 12.2. The van der Waals surface area contributed by atoms with E-state index in [-0.39, 0.29) is 4.90 Å². The molecule has 1 aromatic heterocycles. The van der Waals surface area contributed by atoms with Crippen molar-refractivity contribution < 1.29 is 8.42 Å². The number of sulfonamides is 1. The minimum absolute atomic E-state index is 0.174. The first-order valence-corrected chi connectivity index (χ1v) is 5.76. The zero-order valence-corrected chi connectivity index (χ0v) is 8.79. The molecule has 0 aliphatic heterocycles. The molecule has 0 amide bonds. The molecule has 0 bridgehead atoms. The van der Waals surface area contributed by atoms with Gasteiger partial charge in [0.1, 0.15) is 4.90 Å². The lowest BCUT2D eigenvalue weighted by Crippen LogP contribution is -2.34. The van der Waals surface area contributed by atoms with Crippen molar-refractivity contribution in [3.05, 3.63) is 12.4 Å². The van der Waals surface area contributed by atoms with Gasteiger partial charge in [0, 0.05) is 25.8 Å². The standard InChI is InChI=1S/C7H14N4O2S/c1-2-11(4-3-8)14(12,13)7-5-9-10-6-7/h5-6H,2-4,8H2,1H3,(H,9,10). The maximum atomic E-state index is 11.8. The molecule has 0 fully saturated rings. The summed E-state index contributed by atoms with van der Waals surface area (Å²) in [4.78, 5) is 0.174. The number of aromatic amines is 1. The molecular weight excluding hydrogens is 204 g/mol. The molecule has 1 heterocycles. The molecule has 0 radical (unpaired) electrons. The van der Waals surface area contributed by atoms with Gasteiger partial charge in [0.05, 0.1) is 6.20 Å². The summed E-state index contributed by atoms with van der Waals surface area (Å²) in [5.41, 5.74) is 5.33. The molecular formula is C7H14N4O2S. The zero-order chi connectivity index (χ0) is 10.6. The number of hydrogen-bond acceptors (Lipinski definition) is 4. The number of rotatable bonds is 5. The van der Waals surface area contributed by atoms with Crippen LogP contribution in [0.5, 0.6) is 0 Å². The van der Waals surface area contributed by atoms with Gasteiger partial charge in [-0.15, -0.1) is 0 Å². The number of nitrogens with one attached hydrogen (secondary N) is 1. The lowest BCUT2D eigenvalue weighted by Gasteiger charge is -2.18. The SMILES string of the molecule is CCN(CCN)S(=O)(=O)c1cn[nH]c1. The number of H-pyrrole nitrogens is 1. The van der Waals surface area contributed by atoms with Crippen molar-refractivity contribution in [3.63, 3.8) is 0 Å². The van der Waals surface area contributed by atoms with Crippen molar-refractivity contribution in [2.45, 2.75) is 11.8 Å². The van der Waals surface area contributed by atoms with Crippen LogP contribution in [0.25, 0.3) is 0 Å². The van der Waals surface area contributed by atoms with E-state index >= 15 is 0 Å². The summed E-state index contributed by atoms with van der Waals surface area (Å²) in [6.45, 7) is 2.81. The van der Waals surface area contributed by atoms with E-state index in [4.69, 9.17) is 5.73 Å². The fourth-order valence-corrected chi connectivity index (χ4v) is 2.49. The molecule has 1 rings (SSSR count). The van der Waals surface area contributed by atoms with Gasteiger partial charge in [-0.1, -0.05) is 6.92 Å². The van der Waals surface area contributed by atoms with Gasteiger partial charge >= 0.3 is 0 Å². The Labute approximate surface area is 83.1 Å². The Balaban J connectivity index is 2.94. The molecule has 0 atom stereocenters. The minimum Gasteiger partial charge on any atom is -0.329 e. The summed E-state index contributed by atoms with van der Waals surface area (Å²) in [6, 6.07) is 0. The van der Waals surface area contributed by atoms with Crippen molar-refractivity contribution in [2.75, 3.05) is 19.6 Å². The second kappa shape index (κ2) is 4.54. The summed E-state index contributed by atoms with van der Waals surface area (Å²) in [5, 5.41) is 6.07. The summed E-state index contributed by atoms with van der Waals surface area (Å²) < 4.78 is 25.0. The maximum Gasteiger partial charge on any atom is 0.246 e. The van der Waals surface area contributed by atoms with Crippen LogP contribution in [0.1, 0.15) is 6.92 Å². The quantitative estimate of drug-likeness (QED) is 0.689. The Morgan fingerprint density at radius 2 is 2.36 bits per heavy atom. The van der Waals surface area contributed by atoms with Gasteiger partial charge in [-0.2, -0.15) is 9.40 Å². The molecule has 0 saturated carbocycles. The van der Waals surface area contributed by atoms with Crippen LogP contribution in [0.4, 0.5) is 0 Å². The highest BCUT2D eigenvalue weighted by atomic mass is 32.2. The van der Waals surface area contributed by atoms with E-state index in [1.54, 1.807) is 6.92 Å². The van der Waals surface area contributed by atoms with Crippen LogP contribution in [0.3, 0.4) is 0 Å². The largest absolute Gasteiger partial charge is 0.329 e. The molecule has 1 aromatic rings. The minimum atomic E-state index is -3.41. The summed E-state index contributed by atoms with van der Waals surface area (Å²) >= 11 is 0. The van der Waals surface area contributed by atoms with Crippen molar-refractivity contribution in [2.24, 2.45) is 5.73 Å². The Bertz CT molecular complexity index is 359. The van der Waals surface area contributed by atoms with E-state index in [2.05, 4.69) is 10.2 Å². The van der Waals surface area contributed by atoms with Crippen molar-refractivity contribution in [1.29, 1.82) is 0 Å². The van der Waals surface area contributed by atoms with E-state index in [1.807, 2.05) is 0 Å². The van der Waals surface area contributed by atoms with Crippen LogP contribution in [-0.4, -0.2) is 42.6 Å². The summed E-state index contributed by atoms with van der Waals surface area (Å²) in [6.07, 6.45) is 2.64. The molecule has 6 nitrogen and oxygen atoms in total. The lowest BCUT2D eigenvalue weighted by atomic mass is 10.6. The van der Waals surface area contributed by atoms with Crippen molar-refractivity contribution in [3.8, 4) is 0 Å². The summed E-state index contributed by atoms with van der Waals surface area (Å²) in [5.74, 6) is 0. The topological polar surface area (TPSA) is 92.1 Å². The fourth-order valence-electron chi connectivity index (χ4n) is 1.12. The molecule has 7 heteroatoms. The van der Waals surface area contributed by atoms with E-state index in [0.717, 1.165) is 0 Å². The van der Waals surface area contributed by atoms with Crippen molar-refractivity contribution in [1.82, 2.24) is 14.5 Å². The van der Waals surface area contributed by atoms with E-state index < -0.39 is 10.0 Å². The summed E-state index contributed by atoms with van der Waals surface area (Å²) in [7, 11) is -3.41. The van der Waals surface area contributed by atoms with Gasteiger partial charge in [-0.3, -0.25) is 5.10 Å². The predicted molar refractivity (Wildman–Crippen MR) is 52.1 cm³/mol.